The van der Waals surface area contributed by atoms with Crippen molar-refractivity contribution in [1.29, 1.82) is 0 Å². The summed E-state index contributed by atoms with van der Waals surface area (Å²) in [5, 5.41) is 1.30. The summed E-state index contributed by atoms with van der Waals surface area (Å²) in [7, 11) is 0. The van der Waals surface area contributed by atoms with Crippen LogP contribution in [0.2, 0.25) is 10.0 Å². The summed E-state index contributed by atoms with van der Waals surface area (Å²) in [5.74, 6) is 1.25. The van der Waals surface area contributed by atoms with Gasteiger partial charge in [-0.25, -0.2) is 4.99 Å². The van der Waals surface area contributed by atoms with Gasteiger partial charge in [-0.3, -0.25) is 0 Å². The van der Waals surface area contributed by atoms with Crippen LogP contribution in [0.1, 0.15) is 18.2 Å². The Morgan fingerprint density at radius 3 is 2.48 bits per heavy atom. The van der Waals surface area contributed by atoms with Crippen LogP contribution in [-0.2, 0) is 0 Å². The number of hydrogen-bond donors (Lipinski definition) is 2. The highest BCUT2D eigenvalue weighted by Crippen LogP contribution is 2.27. The van der Waals surface area contributed by atoms with Crippen LogP contribution in [0.25, 0.3) is 0 Å². The molecule has 2 aromatic rings. The molecule has 0 radical (unpaired) electrons. The minimum absolute atomic E-state index is 0. The molecule has 144 valence electrons. The fraction of sp³-hybridized carbons (Fsp3) is 0.222. The van der Waals surface area contributed by atoms with E-state index < -0.39 is 0 Å². The van der Waals surface area contributed by atoms with Crippen molar-refractivity contribution in [3.63, 3.8) is 0 Å². The lowest BCUT2D eigenvalue weighted by Crippen LogP contribution is -2.44. The number of nitrogens with two attached hydrogens (primary N) is 2. The molecule has 3 rings (SSSR count). The second-order valence-electron chi connectivity index (χ2n) is 5.74. The van der Waals surface area contributed by atoms with E-state index in [2.05, 4.69) is 9.98 Å². The standard InChI is InChI=1S/C18H19Cl2N5O.ClH/c19-13-5-7-15(8-6-13)26-10-2-9-25-16(23-17(21)24-18(25)22)12-3-1-4-14(20)11-12;/h1,3-8,11,16H,2,9-10H2,(H4,21,22,23,24);1H. The summed E-state index contributed by atoms with van der Waals surface area (Å²) < 4.78 is 5.72. The molecule has 1 heterocycles. The molecule has 0 amide bonds. The molecule has 0 saturated heterocycles. The largest absolute Gasteiger partial charge is 0.494 e. The topological polar surface area (TPSA) is 89.2 Å². The number of nitrogens with zero attached hydrogens (tertiary/aromatic N) is 3. The van der Waals surface area contributed by atoms with Gasteiger partial charge >= 0.3 is 0 Å². The van der Waals surface area contributed by atoms with E-state index in [-0.39, 0.29) is 24.5 Å². The van der Waals surface area contributed by atoms with Crippen LogP contribution in [0.3, 0.4) is 0 Å². The number of ether oxygens (including phenoxy) is 1. The zero-order valence-electron chi connectivity index (χ0n) is 14.4. The smallest absolute Gasteiger partial charge is 0.220 e. The lowest BCUT2D eigenvalue weighted by Gasteiger charge is -2.32. The maximum atomic E-state index is 6.10. The fourth-order valence-corrected chi connectivity index (χ4v) is 2.97. The van der Waals surface area contributed by atoms with Gasteiger partial charge < -0.3 is 21.1 Å². The van der Waals surface area contributed by atoms with Crippen molar-refractivity contribution in [2.24, 2.45) is 21.5 Å². The van der Waals surface area contributed by atoms with Crippen LogP contribution in [0.15, 0.2) is 58.5 Å². The summed E-state index contributed by atoms with van der Waals surface area (Å²) in [4.78, 5) is 10.4. The van der Waals surface area contributed by atoms with Gasteiger partial charge in [-0.2, -0.15) is 4.99 Å². The first-order valence-electron chi connectivity index (χ1n) is 8.11. The number of benzene rings is 2. The first-order valence-corrected chi connectivity index (χ1v) is 8.86. The van der Waals surface area contributed by atoms with E-state index in [9.17, 15) is 0 Å². The predicted molar refractivity (Wildman–Crippen MR) is 113 cm³/mol. The van der Waals surface area contributed by atoms with E-state index in [0.29, 0.717) is 29.2 Å². The summed E-state index contributed by atoms with van der Waals surface area (Å²) in [6.45, 7) is 1.13. The van der Waals surface area contributed by atoms with E-state index >= 15 is 0 Å². The van der Waals surface area contributed by atoms with Crippen LogP contribution >= 0.6 is 35.6 Å². The summed E-state index contributed by atoms with van der Waals surface area (Å²) >= 11 is 12.0. The van der Waals surface area contributed by atoms with Crippen LogP contribution in [0.4, 0.5) is 0 Å². The van der Waals surface area contributed by atoms with E-state index in [4.69, 9.17) is 39.4 Å². The molecule has 27 heavy (non-hydrogen) atoms. The van der Waals surface area contributed by atoms with Crippen molar-refractivity contribution in [3.8, 4) is 5.75 Å². The Morgan fingerprint density at radius 2 is 1.78 bits per heavy atom. The normalized spacial score (nSPS) is 16.2. The van der Waals surface area contributed by atoms with Crippen LogP contribution in [-0.4, -0.2) is 30.0 Å². The Hall–Kier alpha value is -2.15. The maximum absolute atomic E-state index is 6.10. The molecular formula is C18H20Cl3N5O. The second-order valence-corrected chi connectivity index (χ2v) is 6.61. The van der Waals surface area contributed by atoms with Crippen molar-refractivity contribution < 1.29 is 4.74 Å². The Bertz CT molecular complexity index is 826. The van der Waals surface area contributed by atoms with Crippen molar-refractivity contribution in [2.45, 2.75) is 12.6 Å². The average Bonchev–Trinajstić information content (AvgIpc) is 2.61. The highest BCUT2D eigenvalue weighted by atomic mass is 35.5. The van der Waals surface area contributed by atoms with Gasteiger partial charge in [-0.15, -0.1) is 12.4 Å². The van der Waals surface area contributed by atoms with Crippen LogP contribution in [0, 0.1) is 0 Å². The number of rotatable bonds is 6. The van der Waals surface area contributed by atoms with Gasteiger partial charge in [-0.1, -0.05) is 35.3 Å². The minimum Gasteiger partial charge on any atom is -0.494 e. The van der Waals surface area contributed by atoms with Crippen LogP contribution < -0.4 is 16.2 Å². The van der Waals surface area contributed by atoms with E-state index in [1.54, 1.807) is 12.1 Å². The third-order valence-electron chi connectivity index (χ3n) is 3.85. The third-order valence-corrected chi connectivity index (χ3v) is 4.33. The Labute approximate surface area is 174 Å². The van der Waals surface area contributed by atoms with Crippen molar-refractivity contribution in [3.05, 3.63) is 64.1 Å². The molecule has 0 saturated carbocycles. The Balaban J connectivity index is 0.00000261. The SMILES string of the molecule is Cl.NC1=NC(c2cccc(Cl)c2)N(CCCOc2ccc(Cl)cc2)C(N)=N1. The Morgan fingerprint density at radius 1 is 1.04 bits per heavy atom. The monoisotopic (exact) mass is 427 g/mol. The average molecular weight is 429 g/mol. The lowest BCUT2D eigenvalue weighted by molar-refractivity contribution is 0.258. The third kappa shape index (κ3) is 5.66. The predicted octanol–water partition coefficient (Wildman–Crippen LogP) is 3.83. The molecule has 1 atom stereocenters. The van der Waals surface area contributed by atoms with Crippen molar-refractivity contribution >= 4 is 47.5 Å². The number of hydrogen-bond acceptors (Lipinski definition) is 6. The Kier molecular flexibility index (Phi) is 7.59. The first-order chi connectivity index (χ1) is 12.5. The van der Waals surface area contributed by atoms with Gasteiger partial charge in [0.15, 0.2) is 6.17 Å². The highest BCUT2D eigenvalue weighted by Gasteiger charge is 2.25. The zero-order valence-corrected chi connectivity index (χ0v) is 16.7. The van der Waals surface area contributed by atoms with E-state index in [0.717, 1.165) is 17.7 Å². The van der Waals surface area contributed by atoms with Crippen molar-refractivity contribution in [2.75, 3.05) is 13.2 Å². The molecule has 1 aliphatic rings. The molecule has 2 aromatic carbocycles. The number of guanidine groups is 2. The first kappa shape index (κ1) is 21.2. The molecule has 0 aliphatic carbocycles. The zero-order chi connectivity index (χ0) is 18.5. The number of aliphatic imine (C=N–C) groups is 2. The molecule has 6 nitrogen and oxygen atoms in total. The minimum atomic E-state index is -0.360. The lowest BCUT2D eigenvalue weighted by atomic mass is 10.1. The van der Waals surface area contributed by atoms with E-state index in [1.165, 1.54) is 0 Å². The second kappa shape index (κ2) is 9.69. The molecule has 0 fully saturated rings. The molecule has 4 N–H and O–H groups in total. The molecule has 0 spiro atoms. The quantitative estimate of drug-likeness (QED) is 0.684. The van der Waals surface area contributed by atoms with Crippen LogP contribution in [0.5, 0.6) is 5.75 Å². The summed E-state index contributed by atoms with van der Waals surface area (Å²) in [6, 6.07) is 14.7. The van der Waals surface area contributed by atoms with Crippen molar-refractivity contribution in [1.82, 2.24) is 4.90 Å². The fourth-order valence-electron chi connectivity index (χ4n) is 2.64. The molecule has 0 bridgehead atoms. The van der Waals surface area contributed by atoms with Gasteiger partial charge in [0.05, 0.1) is 6.61 Å². The van der Waals surface area contributed by atoms with Gasteiger partial charge in [0.25, 0.3) is 0 Å². The molecule has 0 aromatic heterocycles. The molecule has 9 heteroatoms. The van der Waals surface area contributed by atoms with Gasteiger partial charge in [-0.05, 0) is 48.4 Å². The van der Waals surface area contributed by atoms with E-state index in [1.807, 2.05) is 41.3 Å². The van der Waals surface area contributed by atoms with Gasteiger partial charge in [0, 0.05) is 16.6 Å². The van der Waals surface area contributed by atoms with Gasteiger partial charge in [0.1, 0.15) is 5.75 Å². The molecular weight excluding hydrogens is 409 g/mol. The highest BCUT2D eigenvalue weighted by molar-refractivity contribution is 6.30. The molecule has 1 aliphatic heterocycles. The summed E-state index contributed by atoms with van der Waals surface area (Å²) in [6.07, 6.45) is 0.368. The number of halogens is 3. The maximum Gasteiger partial charge on any atom is 0.220 e. The van der Waals surface area contributed by atoms with Gasteiger partial charge in [0.2, 0.25) is 11.9 Å². The summed E-state index contributed by atoms with van der Waals surface area (Å²) in [5.41, 5.74) is 12.8. The molecule has 1 unspecified atom stereocenters.